The van der Waals surface area contributed by atoms with Crippen molar-refractivity contribution in [3.05, 3.63) is 59.7 Å². The highest BCUT2D eigenvalue weighted by Gasteiger charge is 2.20. The predicted molar refractivity (Wildman–Crippen MR) is 84.7 cm³/mol. The summed E-state index contributed by atoms with van der Waals surface area (Å²) in [4.78, 5) is 0. The van der Waals surface area contributed by atoms with Gasteiger partial charge in [-0.3, -0.25) is 0 Å². The molecule has 4 nitrogen and oxygen atoms in total. The van der Waals surface area contributed by atoms with E-state index in [1.54, 1.807) is 14.2 Å². The number of benzene rings is 2. The highest BCUT2D eigenvalue weighted by molar-refractivity contribution is 5.34. The van der Waals surface area contributed by atoms with Gasteiger partial charge in [0, 0.05) is 18.5 Å². The van der Waals surface area contributed by atoms with Crippen molar-refractivity contribution >= 4 is 0 Å². The van der Waals surface area contributed by atoms with Crippen LogP contribution < -0.4 is 20.9 Å². The van der Waals surface area contributed by atoms with Crippen LogP contribution in [0.2, 0.25) is 0 Å². The molecule has 112 valence electrons. The van der Waals surface area contributed by atoms with E-state index < -0.39 is 0 Å². The molecule has 0 bridgehead atoms. The normalized spacial score (nSPS) is 13.5. The number of nitrogens with two attached hydrogens (primary N) is 2. The molecule has 2 aromatic rings. The van der Waals surface area contributed by atoms with E-state index in [9.17, 15) is 0 Å². The first-order chi connectivity index (χ1) is 10.2. The Morgan fingerprint density at radius 3 is 1.62 bits per heavy atom. The topological polar surface area (TPSA) is 70.5 Å². The molecule has 0 fully saturated rings. The van der Waals surface area contributed by atoms with Crippen LogP contribution in [-0.4, -0.2) is 20.8 Å². The smallest absolute Gasteiger partial charge is 0.118 e. The minimum absolute atomic E-state index is 0.0595. The Morgan fingerprint density at radius 2 is 1.24 bits per heavy atom. The zero-order valence-electron chi connectivity index (χ0n) is 12.5. The number of ether oxygens (including phenoxy) is 2. The summed E-state index contributed by atoms with van der Waals surface area (Å²) in [6, 6.07) is 15.5. The van der Waals surface area contributed by atoms with Crippen LogP contribution in [0.1, 0.15) is 23.1 Å². The first-order valence-electron chi connectivity index (χ1n) is 6.93. The summed E-state index contributed by atoms with van der Waals surface area (Å²) in [7, 11) is 3.30. The standard InChI is InChI=1S/C17H22N2O2/c1-20-14-7-3-12(4-8-14)16(11-18)17(19)13-5-9-15(21-2)10-6-13/h3-10,16-17H,11,18-19H2,1-2H3/t16-,17-/m0/s1. The molecule has 0 amide bonds. The highest BCUT2D eigenvalue weighted by atomic mass is 16.5. The van der Waals surface area contributed by atoms with Crippen molar-refractivity contribution in [1.82, 2.24) is 0 Å². The minimum atomic E-state index is -0.158. The molecule has 4 heteroatoms. The summed E-state index contributed by atoms with van der Waals surface area (Å²) < 4.78 is 10.3. The molecule has 0 aliphatic heterocycles. The molecule has 0 saturated carbocycles. The first kappa shape index (κ1) is 15.4. The highest BCUT2D eigenvalue weighted by Crippen LogP contribution is 2.30. The van der Waals surface area contributed by atoms with Crippen LogP contribution in [0, 0.1) is 0 Å². The van der Waals surface area contributed by atoms with Gasteiger partial charge in [0.1, 0.15) is 11.5 Å². The molecular weight excluding hydrogens is 264 g/mol. The van der Waals surface area contributed by atoms with E-state index in [0.717, 1.165) is 22.6 Å². The van der Waals surface area contributed by atoms with Crippen LogP contribution in [0.25, 0.3) is 0 Å². The maximum Gasteiger partial charge on any atom is 0.118 e. The molecule has 0 saturated heterocycles. The van der Waals surface area contributed by atoms with Gasteiger partial charge < -0.3 is 20.9 Å². The molecule has 2 atom stereocenters. The van der Waals surface area contributed by atoms with Crippen molar-refractivity contribution < 1.29 is 9.47 Å². The van der Waals surface area contributed by atoms with Crippen molar-refractivity contribution in [3.8, 4) is 11.5 Å². The van der Waals surface area contributed by atoms with Crippen molar-refractivity contribution in [2.24, 2.45) is 11.5 Å². The largest absolute Gasteiger partial charge is 0.497 e. The lowest BCUT2D eigenvalue weighted by atomic mass is 9.87. The Labute approximate surface area is 125 Å². The van der Waals surface area contributed by atoms with Gasteiger partial charge in [-0.25, -0.2) is 0 Å². The molecule has 21 heavy (non-hydrogen) atoms. The van der Waals surface area contributed by atoms with Gasteiger partial charge in [-0.05, 0) is 35.4 Å². The Hall–Kier alpha value is -2.04. The summed E-state index contributed by atoms with van der Waals surface area (Å²) in [5.74, 6) is 1.71. The molecule has 0 spiro atoms. The molecule has 4 N–H and O–H groups in total. The molecule has 0 aliphatic carbocycles. The molecule has 0 radical (unpaired) electrons. The van der Waals surface area contributed by atoms with E-state index in [4.69, 9.17) is 20.9 Å². The quantitative estimate of drug-likeness (QED) is 0.855. The lowest BCUT2D eigenvalue weighted by Gasteiger charge is -2.23. The molecule has 0 unspecified atom stereocenters. The summed E-state index contributed by atoms with van der Waals surface area (Å²) >= 11 is 0. The van der Waals surface area contributed by atoms with E-state index >= 15 is 0 Å². The summed E-state index contributed by atoms with van der Waals surface area (Å²) in [5, 5.41) is 0. The van der Waals surface area contributed by atoms with Gasteiger partial charge in [0.05, 0.1) is 14.2 Å². The Bertz CT molecular complexity index is 552. The lowest BCUT2D eigenvalue weighted by Crippen LogP contribution is -2.26. The van der Waals surface area contributed by atoms with Crippen LogP contribution in [0.5, 0.6) is 11.5 Å². The van der Waals surface area contributed by atoms with Crippen LogP contribution >= 0.6 is 0 Å². The zero-order valence-corrected chi connectivity index (χ0v) is 12.5. The third-order valence-electron chi connectivity index (χ3n) is 3.73. The number of rotatable bonds is 6. The number of hydrogen-bond acceptors (Lipinski definition) is 4. The van der Waals surface area contributed by atoms with E-state index in [-0.39, 0.29) is 12.0 Å². The van der Waals surface area contributed by atoms with Gasteiger partial charge in [0.15, 0.2) is 0 Å². The SMILES string of the molecule is COc1ccc([C@H](N)[C@@H](CN)c2ccc(OC)cc2)cc1. The van der Waals surface area contributed by atoms with Crippen LogP contribution in [0.15, 0.2) is 48.5 Å². The maximum atomic E-state index is 6.39. The van der Waals surface area contributed by atoms with Gasteiger partial charge >= 0.3 is 0 Å². The van der Waals surface area contributed by atoms with Gasteiger partial charge in [-0.1, -0.05) is 24.3 Å². The fraction of sp³-hybridized carbons (Fsp3) is 0.294. The van der Waals surface area contributed by atoms with E-state index in [1.807, 2.05) is 48.5 Å². The first-order valence-corrected chi connectivity index (χ1v) is 6.93. The van der Waals surface area contributed by atoms with Crippen LogP contribution in [-0.2, 0) is 0 Å². The van der Waals surface area contributed by atoms with Crippen molar-refractivity contribution in [2.75, 3.05) is 20.8 Å². The van der Waals surface area contributed by atoms with E-state index in [1.165, 1.54) is 0 Å². The third-order valence-corrected chi connectivity index (χ3v) is 3.73. The molecule has 2 rings (SSSR count). The van der Waals surface area contributed by atoms with Crippen molar-refractivity contribution in [3.63, 3.8) is 0 Å². The zero-order chi connectivity index (χ0) is 15.2. The average Bonchev–Trinajstić information content (AvgIpc) is 2.56. The summed E-state index contributed by atoms with van der Waals surface area (Å²) in [6.07, 6.45) is 0. The Balaban J connectivity index is 2.21. The number of hydrogen-bond donors (Lipinski definition) is 2. The summed E-state index contributed by atoms with van der Waals surface area (Å²) in [5.41, 5.74) is 14.5. The fourth-order valence-electron chi connectivity index (χ4n) is 2.40. The second kappa shape index (κ2) is 7.11. The molecule has 0 aliphatic rings. The average molecular weight is 286 g/mol. The maximum absolute atomic E-state index is 6.39. The number of methoxy groups -OCH3 is 2. The minimum Gasteiger partial charge on any atom is -0.497 e. The van der Waals surface area contributed by atoms with Crippen molar-refractivity contribution in [2.45, 2.75) is 12.0 Å². The van der Waals surface area contributed by atoms with E-state index in [0.29, 0.717) is 6.54 Å². The molecule has 2 aromatic carbocycles. The predicted octanol–water partition coefficient (Wildman–Crippen LogP) is 2.45. The van der Waals surface area contributed by atoms with Crippen LogP contribution in [0.4, 0.5) is 0 Å². The van der Waals surface area contributed by atoms with Gasteiger partial charge in [-0.15, -0.1) is 0 Å². The van der Waals surface area contributed by atoms with Crippen molar-refractivity contribution in [1.29, 1.82) is 0 Å². The Kier molecular flexibility index (Phi) is 5.20. The molecule has 0 heterocycles. The molecule has 0 aromatic heterocycles. The third kappa shape index (κ3) is 3.54. The molecular formula is C17H22N2O2. The van der Waals surface area contributed by atoms with Gasteiger partial charge in [-0.2, -0.15) is 0 Å². The lowest BCUT2D eigenvalue weighted by molar-refractivity contribution is 0.413. The van der Waals surface area contributed by atoms with E-state index in [2.05, 4.69) is 0 Å². The second-order valence-electron chi connectivity index (χ2n) is 4.91. The monoisotopic (exact) mass is 286 g/mol. The summed E-state index contributed by atoms with van der Waals surface area (Å²) in [6.45, 7) is 0.486. The van der Waals surface area contributed by atoms with Gasteiger partial charge in [0.2, 0.25) is 0 Å². The van der Waals surface area contributed by atoms with Gasteiger partial charge in [0.25, 0.3) is 0 Å². The van der Waals surface area contributed by atoms with Crippen LogP contribution in [0.3, 0.4) is 0 Å². The second-order valence-corrected chi connectivity index (χ2v) is 4.91. The Morgan fingerprint density at radius 1 is 0.810 bits per heavy atom. The fourth-order valence-corrected chi connectivity index (χ4v) is 2.40.